The zero-order valence-electron chi connectivity index (χ0n) is 12.8. The maximum absolute atomic E-state index is 2.35. The Kier molecular flexibility index (Phi) is 9.14. The first-order chi connectivity index (χ1) is 9.33. The van der Waals surface area contributed by atoms with Gasteiger partial charge in [-0.3, -0.25) is 0 Å². The van der Waals surface area contributed by atoms with Crippen molar-refractivity contribution >= 4 is 6.08 Å². The molecule has 0 bridgehead atoms. The van der Waals surface area contributed by atoms with Crippen LogP contribution in [-0.2, 0) is 0 Å². The summed E-state index contributed by atoms with van der Waals surface area (Å²) in [5, 5.41) is 0. The van der Waals surface area contributed by atoms with Crippen LogP contribution in [0, 0.1) is 5.92 Å². The first-order valence-electron chi connectivity index (χ1n) is 8.06. The molecule has 1 aromatic carbocycles. The summed E-state index contributed by atoms with van der Waals surface area (Å²) in [6, 6.07) is 10.6. The number of unbranched alkanes of at least 4 members (excludes halogenated alkanes) is 6. The van der Waals surface area contributed by atoms with Crippen molar-refractivity contribution in [3.05, 3.63) is 42.0 Å². The standard InChI is InChI=1S/C19H30/c1-3-4-5-6-7-8-10-13-18(2)16-17-19-14-11-9-12-15-19/h9,11-12,14-18H,3-8,10,13H2,1-2H3/b17-16+. The molecule has 1 aromatic rings. The fourth-order valence-electron chi connectivity index (χ4n) is 2.36. The fourth-order valence-corrected chi connectivity index (χ4v) is 2.36. The second-order valence-electron chi connectivity index (χ2n) is 5.66. The van der Waals surface area contributed by atoms with Gasteiger partial charge in [-0.25, -0.2) is 0 Å². The third-order valence-electron chi connectivity index (χ3n) is 3.68. The van der Waals surface area contributed by atoms with Crippen LogP contribution in [-0.4, -0.2) is 0 Å². The summed E-state index contributed by atoms with van der Waals surface area (Å²) in [5.74, 6) is 0.704. The Hall–Kier alpha value is -1.04. The molecule has 0 spiro atoms. The summed E-state index contributed by atoms with van der Waals surface area (Å²) in [7, 11) is 0. The second kappa shape index (κ2) is 10.8. The number of benzene rings is 1. The molecular weight excluding hydrogens is 228 g/mol. The van der Waals surface area contributed by atoms with E-state index >= 15 is 0 Å². The number of hydrogen-bond donors (Lipinski definition) is 0. The molecule has 0 aliphatic carbocycles. The fraction of sp³-hybridized carbons (Fsp3) is 0.579. The zero-order chi connectivity index (χ0) is 13.8. The molecule has 0 N–H and O–H groups in total. The molecule has 0 amide bonds. The van der Waals surface area contributed by atoms with Gasteiger partial charge < -0.3 is 0 Å². The van der Waals surface area contributed by atoms with Crippen molar-refractivity contribution in [2.24, 2.45) is 5.92 Å². The summed E-state index contributed by atoms with van der Waals surface area (Å²) in [4.78, 5) is 0. The van der Waals surface area contributed by atoms with Crippen LogP contribution in [0.5, 0.6) is 0 Å². The van der Waals surface area contributed by atoms with Crippen LogP contribution in [0.3, 0.4) is 0 Å². The van der Waals surface area contributed by atoms with Gasteiger partial charge in [-0.15, -0.1) is 0 Å². The normalized spacial score (nSPS) is 12.9. The monoisotopic (exact) mass is 258 g/mol. The highest BCUT2D eigenvalue weighted by atomic mass is 14.0. The predicted molar refractivity (Wildman–Crippen MR) is 87.3 cm³/mol. The van der Waals surface area contributed by atoms with Gasteiger partial charge in [0.05, 0.1) is 0 Å². The quantitative estimate of drug-likeness (QED) is 0.421. The minimum Gasteiger partial charge on any atom is -0.0811 e. The van der Waals surface area contributed by atoms with Crippen molar-refractivity contribution in [1.29, 1.82) is 0 Å². The number of allylic oxidation sites excluding steroid dienone is 1. The first-order valence-corrected chi connectivity index (χ1v) is 8.06. The Bertz CT molecular complexity index is 323. The molecule has 0 heterocycles. The molecule has 19 heavy (non-hydrogen) atoms. The molecule has 1 atom stereocenters. The molecule has 106 valence electrons. The third kappa shape index (κ3) is 8.64. The van der Waals surface area contributed by atoms with Crippen molar-refractivity contribution in [2.75, 3.05) is 0 Å². The molecule has 0 aromatic heterocycles. The van der Waals surface area contributed by atoms with E-state index in [1.807, 2.05) is 0 Å². The van der Waals surface area contributed by atoms with Crippen LogP contribution < -0.4 is 0 Å². The van der Waals surface area contributed by atoms with Gasteiger partial charge in [0.1, 0.15) is 0 Å². The van der Waals surface area contributed by atoms with E-state index in [1.54, 1.807) is 0 Å². The minimum atomic E-state index is 0.704. The summed E-state index contributed by atoms with van der Waals surface area (Å²) in [6.45, 7) is 4.61. The summed E-state index contributed by atoms with van der Waals surface area (Å²) < 4.78 is 0. The SMILES string of the molecule is CCCCCCCCCC(C)/C=C/c1ccccc1. The molecule has 0 radical (unpaired) electrons. The van der Waals surface area contributed by atoms with Crippen molar-refractivity contribution in [2.45, 2.75) is 65.2 Å². The molecule has 1 rings (SSSR count). The average Bonchev–Trinajstić information content (AvgIpc) is 2.45. The molecule has 1 unspecified atom stereocenters. The van der Waals surface area contributed by atoms with Crippen molar-refractivity contribution in [1.82, 2.24) is 0 Å². The number of rotatable bonds is 10. The Morgan fingerprint density at radius 3 is 2.21 bits per heavy atom. The van der Waals surface area contributed by atoms with Gasteiger partial charge in [-0.05, 0) is 17.9 Å². The van der Waals surface area contributed by atoms with Crippen LogP contribution in [0.25, 0.3) is 6.08 Å². The van der Waals surface area contributed by atoms with E-state index in [4.69, 9.17) is 0 Å². The molecule has 0 aliphatic rings. The molecule has 0 heteroatoms. The summed E-state index contributed by atoms with van der Waals surface area (Å²) in [6.07, 6.45) is 15.8. The Morgan fingerprint density at radius 2 is 1.53 bits per heavy atom. The largest absolute Gasteiger partial charge is 0.0811 e. The van der Waals surface area contributed by atoms with Crippen molar-refractivity contribution < 1.29 is 0 Å². The van der Waals surface area contributed by atoms with E-state index in [-0.39, 0.29) is 0 Å². The van der Waals surface area contributed by atoms with Crippen LogP contribution in [0.4, 0.5) is 0 Å². The Balaban J connectivity index is 2.05. The lowest BCUT2D eigenvalue weighted by molar-refractivity contribution is 0.538. The average molecular weight is 258 g/mol. The van der Waals surface area contributed by atoms with E-state index in [0.29, 0.717) is 5.92 Å². The molecule has 0 aliphatic heterocycles. The summed E-state index contributed by atoms with van der Waals surface area (Å²) >= 11 is 0. The van der Waals surface area contributed by atoms with Crippen LogP contribution in [0.15, 0.2) is 36.4 Å². The van der Waals surface area contributed by atoms with Gasteiger partial charge in [0.25, 0.3) is 0 Å². The van der Waals surface area contributed by atoms with Crippen LogP contribution >= 0.6 is 0 Å². The topological polar surface area (TPSA) is 0 Å². The molecule has 0 saturated carbocycles. The van der Waals surface area contributed by atoms with E-state index in [2.05, 4.69) is 56.3 Å². The Morgan fingerprint density at radius 1 is 0.895 bits per heavy atom. The molecule has 0 fully saturated rings. The van der Waals surface area contributed by atoms with Crippen molar-refractivity contribution in [3.63, 3.8) is 0 Å². The maximum Gasteiger partial charge on any atom is -0.0259 e. The highest BCUT2D eigenvalue weighted by Gasteiger charge is 1.97. The van der Waals surface area contributed by atoms with Gasteiger partial charge in [-0.2, -0.15) is 0 Å². The number of hydrogen-bond acceptors (Lipinski definition) is 0. The van der Waals surface area contributed by atoms with Crippen LogP contribution in [0.2, 0.25) is 0 Å². The van der Waals surface area contributed by atoms with E-state index in [9.17, 15) is 0 Å². The highest BCUT2D eigenvalue weighted by molar-refractivity contribution is 5.48. The predicted octanol–water partition coefficient (Wildman–Crippen LogP) is 6.48. The zero-order valence-corrected chi connectivity index (χ0v) is 12.8. The lowest BCUT2D eigenvalue weighted by atomic mass is 10.0. The van der Waals surface area contributed by atoms with Gasteiger partial charge in [0.2, 0.25) is 0 Å². The van der Waals surface area contributed by atoms with Gasteiger partial charge >= 0.3 is 0 Å². The Labute approximate surface area is 119 Å². The lowest BCUT2D eigenvalue weighted by Gasteiger charge is -2.06. The van der Waals surface area contributed by atoms with E-state index in [1.165, 1.54) is 56.9 Å². The van der Waals surface area contributed by atoms with E-state index < -0.39 is 0 Å². The van der Waals surface area contributed by atoms with Crippen LogP contribution in [0.1, 0.15) is 70.8 Å². The van der Waals surface area contributed by atoms with Gasteiger partial charge in [-0.1, -0.05) is 101 Å². The lowest BCUT2D eigenvalue weighted by Crippen LogP contribution is -1.90. The maximum atomic E-state index is 2.35. The van der Waals surface area contributed by atoms with Gasteiger partial charge in [0, 0.05) is 0 Å². The minimum absolute atomic E-state index is 0.704. The summed E-state index contributed by atoms with van der Waals surface area (Å²) in [5.41, 5.74) is 1.31. The molecule has 0 saturated heterocycles. The molecule has 0 nitrogen and oxygen atoms in total. The highest BCUT2D eigenvalue weighted by Crippen LogP contribution is 2.14. The van der Waals surface area contributed by atoms with Gasteiger partial charge in [0.15, 0.2) is 0 Å². The smallest absolute Gasteiger partial charge is 0.0259 e. The molecular formula is C19H30. The third-order valence-corrected chi connectivity index (χ3v) is 3.68. The van der Waals surface area contributed by atoms with Crippen molar-refractivity contribution in [3.8, 4) is 0 Å². The first kappa shape index (κ1) is 16.0. The van der Waals surface area contributed by atoms with E-state index in [0.717, 1.165) is 0 Å². The second-order valence-corrected chi connectivity index (χ2v) is 5.66.